The summed E-state index contributed by atoms with van der Waals surface area (Å²) in [7, 11) is 0. The first-order valence-electron chi connectivity index (χ1n) is 15.6. The zero-order valence-electron chi connectivity index (χ0n) is 26.6. The fraction of sp³-hybridized carbons (Fsp3) is 0.556. The minimum atomic E-state index is -0.429. The van der Waals surface area contributed by atoms with Crippen LogP contribution in [0.5, 0.6) is 11.5 Å². The lowest BCUT2D eigenvalue weighted by molar-refractivity contribution is -0.156. The number of ether oxygens (including phenoxy) is 4. The lowest BCUT2D eigenvalue weighted by Gasteiger charge is -2.19. The molecule has 0 aromatic heterocycles. The monoisotopic (exact) mass is 578 g/mol. The molecule has 0 aliphatic carbocycles. The molecule has 230 valence electrons. The Balaban J connectivity index is 1.53. The maximum Gasteiger partial charge on any atom is 0.306 e. The van der Waals surface area contributed by atoms with Gasteiger partial charge in [-0.25, -0.2) is 0 Å². The van der Waals surface area contributed by atoms with Crippen molar-refractivity contribution >= 4 is 33.5 Å². The molecule has 3 aromatic carbocycles. The molecule has 3 aromatic rings. The molecule has 0 atom stereocenters. The maximum absolute atomic E-state index is 11.9. The van der Waals surface area contributed by atoms with Gasteiger partial charge in [-0.2, -0.15) is 0 Å². The second-order valence-electron chi connectivity index (χ2n) is 12.9. The third-order valence-electron chi connectivity index (χ3n) is 6.72. The average molecular weight is 579 g/mol. The second-order valence-corrected chi connectivity index (χ2v) is 12.9. The van der Waals surface area contributed by atoms with Gasteiger partial charge in [-0.15, -0.1) is 0 Å². The highest BCUT2D eigenvalue weighted by molar-refractivity contribution is 6.11. The molecular formula is C36H50O6. The van der Waals surface area contributed by atoms with E-state index in [2.05, 4.69) is 24.3 Å². The van der Waals surface area contributed by atoms with Crippen LogP contribution in [0.2, 0.25) is 0 Å². The highest BCUT2D eigenvalue weighted by Crippen LogP contribution is 2.42. The van der Waals surface area contributed by atoms with Crippen molar-refractivity contribution in [3.63, 3.8) is 0 Å². The van der Waals surface area contributed by atoms with E-state index < -0.39 is 11.2 Å². The van der Waals surface area contributed by atoms with Gasteiger partial charge in [0.05, 0.1) is 13.2 Å². The molecule has 0 saturated heterocycles. The van der Waals surface area contributed by atoms with Crippen LogP contribution >= 0.6 is 0 Å². The standard InChI is InChI=1S/C36H50O6/c1-35(2,3)41-31(37)23-11-7-9-17-25-39-33-27-19-13-15-21-29(27)34(30-22-16-14-20-28(30)33)40-26-18-10-8-12-24-32(38)42-36(4,5)6/h13-16,19-22H,7-12,17-18,23-26H2,1-6H3. The fourth-order valence-corrected chi connectivity index (χ4v) is 4.94. The van der Waals surface area contributed by atoms with Crippen molar-refractivity contribution in [1.82, 2.24) is 0 Å². The van der Waals surface area contributed by atoms with Crippen molar-refractivity contribution in [2.75, 3.05) is 13.2 Å². The van der Waals surface area contributed by atoms with Crippen LogP contribution in [0.25, 0.3) is 21.5 Å². The van der Waals surface area contributed by atoms with E-state index in [4.69, 9.17) is 18.9 Å². The van der Waals surface area contributed by atoms with E-state index in [-0.39, 0.29) is 11.9 Å². The molecule has 0 unspecified atom stereocenters. The van der Waals surface area contributed by atoms with Gasteiger partial charge in [0.25, 0.3) is 0 Å². The Morgan fingerprint density at radius 1 is 0.500 bits per heavy atom. The van der Waals surface area contributed by atoms with E-state index in [9.17, 15) is 9.59 Å². The normalized spacial score (nSPS) is 12.0. The lowest BCUT2D eigenvalue weighted by Crippen LogP contribution is -2.23. The predicted octanol–water partition coefficient (Wildman–Crippen LogP) is 9.34. The first kappa shape index (κ1) is 33.2. The number of benzene rings is 3. The van der Waals surface area contributed by atoms with Crippen LogP contribution in [0.15, 0.2) is 48.5 Å². The van der Waals surface area contributed by atoms with Crippen LogP contribution in [0, 0.1) is 0 Å². The highest BCUT2D eigenvalue weighted by atomic mass is 16.6. The molecule has 0 aliphatic heterocycles. The van der Waals surface area contributed by atoms with Gasteiger partial charge in [0, 0.05) is 34.4 Å². The van der Waals surface area contributed by atoms with Gasteiger partial charge < -0.3 is 18.9 Å². The average Bonchev–Trinajstić information content (AvgIpc) is 2.90. The molecule has 42 heavy (non-hydrogen) atoms. The molecule has 0 fully saturated rings. The number of carbonyl (C=O) groups excluding carboxylic acids is 2. The van der Waals surface area contributed by atoms with Gasteiger partial charge in [-0.05, 0) is 67.2 Å². The number of hydrogen-bond acceptors (Lipinski definition) is 6. The quantitative estimate of drug-likeness (QED) is 0.0958. The molecule has 0 heterocycles. The van der Waals surface area contributed by atoms with E-state index in [1.54, 1.807) is 0 Å². The van der Waals surface area contributed by atoms with Crippen LogP contribution in [0.3, 0.4) is 0 Å². The van der Waals surface area contributed by atoms with Crippen LogP contribution in [0.1, 0.15) is 106 Å². The van der Waals surface area contributed by atoms with Crippen molar-refractivity contribution in [1.29, 1.82) is 0 Å². The largest absolute Gasteiger partial charge is 0.492 e. The van der Waals surface area contributed by atoms with Crippen molar-refractivity contribution in [3.8, 4) is 11.5 Å². The molecule has 0 amide bonds. The van der Waals surface area contributed by atoms with Gasteiger partial charge in [-0.3, -0.25) is 9.59 Å². The molecule has 0 N–H and O–H groups in total. The molecule has 3 rings (SSSR count). The van der Waals surface area contributed by atoms with Crippen LogP contribution in [-0.4, -0.2) is 36.4 Å². The maximum atomic E-state index is 11.9. The summed E-state index contributed by atoms with van der Waals surface area (Å²) in [5, 5.41) is 4.20. The number of hydrogen-bond donors (Lipinski definition) is 0. The van der Waals surface area contributed by atoms with Crippen molar-refractivity contribution in [2.24, 2.45) is 0 Å². The van der Waals surface area contributed by atoms with Crippen molar-refractivity contribution in [3.05, 3.63) is 48.5 Å². The summed E-state index contributed by atoms with van der Waals surface area (Å²) in [6, 6.07) is 16.5. The fourth-order valence-electron chi connectivity index (χ4n) is 4.94. The van der Waals surface area contributed by atoms with E-state index in [1.165, 1.54) is 0 Å². The van der Waals surface area contributed by atoms with Crippen LogP contribution in [-0.2, 0) is 19.1 Å². The minimum absolute atomic E-state index is 0.128. The molecule has 6 heteroatoms. The van der Waals surface area contributed by atoms with E-state index in [0.717, 1.165) is 84.4 Å². The summed E-state index contributed by atoms with van der Waals surface area (Å²) in [6.45, 7) is 12.6. The van der Waals surface area contributed by atoms with Gasteiger partial charge >= 0.3 is 11.9 Å². The predicted molar refractivity (Wildman–Crippen MR) is 170 cm³/mol. The SMILES string of the molecule is CC(C)(C)OC(=O)CCCCCCOc1c2ccccc2c(OCCCCCCC(=O)OC(C)(C)C)c2ccccc12. The highest BCUT2D eigenvalue weighted by Gasteiger charge is 2.18. The summed E-state index contributed by atoms with van der Waals surface area (Å²) in [4.78, 5) is 23.8. The first-order valence-corrected chi connectivity index (χ1v) is 15.6. The molecule has 0 radical (unpaired) electrons. The third-order valence-corrected chi connectivity index (χ3v) is 6.72. The topological polar surface area (TPSA) is 71.1 Å². The lowest BCUT2D eigenvalue weighted by atomic mass is 10.0. The van der Waals surface area contributed by atoms with Crippen molar-refractivity contribution in [2.45, 2.75) is 117 Å². The first-order chi connectivity index (χ1) is 19.9. The van der Waals surface area contributed by atoms with Gasteiger partial charge in [0.2, 0.25) is 0 Å². The van der Waals surface area contributed by atoms with Crippen LogP contribution in [0.4, 0.5) is 0 Å². The van der Waals surface area contributed by atoms with E-state index in [1.807, 2.05) is 65.8 Å². The Kier molecular flexibility index (Phi) is 12.5. The summed E-state index contributed by atoms with van der Waals surface area (Å²) < 4.78 is 23.6. The Hall–Kier alpha value is -3.28. The summed E-state index contributed by atoms with van der Waals surface area (Å²) in [5.74, 6) is 1.53. The molecule has 0 aliphatic rings. The molecule has 0 saturated carbocycles. The third kappa shape index (κ3) is 11.2. The van der Waals surface area contributed by atoms with Crippen molar-refractivity contribution < 1.29 is 28.5 Å². The zero-order valence-corrected chi connectivity index (χ0v) is 26.6. The number of rotatable bonds is 16. The number of esters is 2. The summed E-state index contributed by atoms with van der Waals surface area (Å²) in [6.07, 6.45) is 8.35. The Morgan fingerprint density at radius 2 is 0.810 bits per heavy atom. The van der Waals surface area contributed by atoms with Crippen LogP contribution < -0.4 is 9.47 Å². The second kappa shape index (κ2) is 15.8. The number of fused-ring (bicyclic) bond motifs is 2. The molecular weight excluding hydrogens is 528 g/mol. The van der Waals surface area contributed by atoms with E-state index in [0.29, 0.717) is 26.1 Å². The Bertz CT molecular complexity index is 1140. The molecule has 6 nitrogen and oxygen atoms in total. The number of unbranched alkanes of at least 4 members (excludes halogenated alkanes) is 6. The summed E-state index contributed by atoms with van der Waals surface area (Å²) in [5.41, 5.74) is -0.858. The number of carbonyl (C=O) groups is 2. The minimum Gasteiger partial charge on any atom is -0.492 e. The van der Waals surface area contributed by atoms with Gasteiger partial charge in [0.15, 0.2) is 0 Å². The Labute approximate surface area is 252 Å². The summed E-state index contributed by atoms with van der Waals surface area (Å²) >= 11 is 0. The molecule has 0 bridgehead atoms. The zero-order chi connectivity index (χ0) is 30.6. The molecule has 0 spiro atoms. The Morgan fingerprint density at radius 3 is 1.12 bits per heavy atom. The van der Waals surface area contributed by atoms with Gasteiger partial charge in [0.1, 0.15) is 22.7 Å². The smallest absolute Gasteiger partial charge is 0.306 e. The van der Waals surface area contributed by atoms with Gasteiger partial charge in [-0.1, -0.05) is 74.2 Å². The van der Waals surface area contributed by atoms with E-state index >= 15 is 0 Å².